The van der Waals surface area contributed by atoms with E-state index in [0.29, 0.717) is 6.04 Å². The van der Waals surface area contributed by atoms with Gasteiger partial charge in [-0.1, -0.05) is 0 Å². The average molecular weight is 205 g/mol. The molecule has 1 aliphatic heterocycles. The lowest BCUT2D eigenvalue weighted by atomic mass is 10.1. The summed E-state index contributed by atoms with van der Waals surface area (Å²) in [6.07, 6.45) is 5.00. The van der Waals surface area contributed by atoms with E-state index < -0.39 is 0 Å². The van der Waals surface area contributed by atoms with Gasteiger partial charge in [-0.2, -0.15) is 11.3 Å². The Hall–Kier alpha value is -1.29. The van der Waals surface area contributed by atoms with E-state index in [4.69, 9.17) is 0 Å². The number of hydrogen-bond donors (Lipinski definition) is 1. The fourth-order valence-electron chi connectivity index (χ4n) is 1.85. The van der Waals surface area contributed by atoms with Crippen LogP contribution < -0.4 is 5.32 Å². The lowest BCUT2D eigenvalue weighted by Gasteiger charge is -2.24. The smallest absolute Gasteiger partial charge is 0.203 e. The molecule has 2 aromatic rings. The Bertz CT molecular complexity index is 418. The van der Waals surface area contributed by atoms with Crippen LogP contribution in [-0.4, -0.2) is 9.55 Å². The molecule has 2 aromatic heterocycles. The van der Waals surface area contributed by atoms with Crippen molar-refractivity contribution in [2.24, 2.45) is 0 Å². The molecule has 4 heteroatoms. The predicted octanol–water partition coefficient (Wildman–Crippen LogP) is 2.50. The molecule has 0 amide bonds. The summed E-state index contributed by atoms with van der Waals surface area (Å²) in [6.45, 7) is 1.06. The number of imidazole rings is 1. The second kappa shape index (κ2) is 3.13. The Kier molecular flexibility index (Phi) is 1.80. The van der Waals surface area contributed by atoms with Gasteiger partial charge in [0.15, 0.2) is 0 Å². The fraction of sp³-hybridized carbons (Fsp3) is 0.300. The van der Waals surface area contributed by atoms with E-state index in [-0.39, 0.29) is 0 Å². The standard InChI is InChI=1S/C10H11N3S/c1-4-13-5-3-11-10(13)12-9(1)8-2-6-14-7-8/h2-3,5-7,9H,1,4H2,(H,11,12). The van der Waals surface area contributed by atoms with Crippen LogP contribution in [0.2, 0.25) is 0 Å². The molecule has 1 N–H and O–H groups in total. The van der Waals surface area contributed by atoms with Crippen LogP contribution in [0.1, 0.15) is 18.0 Å². The summed E-state index contributed by atoms with van der Waals surface area (Å²) in [7, 11) is 0. The van der Waals surface area contributed by atoms with Crippen LogP contribution in [0.25, 0.3) is 0 Å². The Morgan fingerprint density at radius 2 is 2.57 bits per heavy atom. The summed E-state index contributed by atoms with van der Waals surface area (Å²) in [5, 5.41) is 7.77. The SMILES string of the molecule is c1cn2c(n1)NC(c1ccsc1)CC2. The molecule has 3 nitrogen and oxygen atoms in total. The Balaban J connectivity index is 1.88. The molecule has 3 rings (SSSR count). The fourth-order valence-corrected chi connectivity index (χ4v) is 2.56. The van der Waals surface area contributed by atoms with Crippen LogP contribution in [0.5, 0.6) is 0 Å². The highest BCUT2D eigenvalue weighted by atomic mass is 32.1. The summed E-state index contributed by atoms with van der Waals surface area (Å²) in [6, 6.07) is 2.62. The van der Waals surface area contributed by atoms with Crippen LogP contribution in [-0.2, 0) is 6.54 Å². The average Bonchev–Trinajstić information content (AvgIpc) is 2.88. The highest BCUT2D eigenvalue weighted by Crippen LogP contribution is 2.28. The highest BCUT2D eigenvalue weighted by molar-refractivity contribution is 7.07. The van der Waals surface area contributed by atoms with Crippen LogP contribution in [0.4, 0.5) is 5.95 Å². The molecule has 0 spiro atoms. The number of hydrogen-bond acceptors (Lipinski definition) is 3. The molecule has 1 unspecified atom stereocenters. The van der Waals surface area contributed by atoms with Crippen LogP contribution in [0, 0.1) is 0 Å². The molecule has 0 saturated heterocycles. The van der Waals surface area contributed by atoms with Gasteiger partial charge in [0, 0.05) is 18.9 Å². The second-order valence-electron chi connectivity index (χ2n) is 3.49. The third-order valence-electron chi connectivity index (χ3n) is 2.62. The van der Waals surface area contributed by atoms with Gasteiger partial charge >= 0.3 is 0 Å². The minimum absolute atomic E-state index is 0.441. The van der Waals surface area contributed by atoms with E-state index in [0.717, 1.165) is 18.9 Å². The molecule has 0 bridgehead atoms. The van der Waals surface area contributed by atoms with Crippen molar-refractivity contribution in [3.8, 4) is 0 Å². The molecule has 0 fully saturated rings. The van der Waals surface area contributed by atoms with Crippen molar-refractivity contribution in [2.75, 3.05) is 5.32 Å². The molecule has 0 aliphatic carbocycles. The number of rotatable bonds is 1. The number of aryl methyl sites for hydroxylation is 1. The summed E-state index contributed by atoms with van der Waals surface area (Å²) in [5.74, 6) is 0.993. The van der Waals surface area contributed by atoms with E-state index >= 15 is 0 Å². The van der Waals surface area contributed by atoms with Crippen molar-refractivity contribution < 1.29 is 0 Å². The van der Waals surface area contributed by atoms with Crippen molar-refractivity contribution in [3.05, 3.63) is 34.8 Å². The molecule has 14 heavy (non-hydrogen) atoms. The van der Waals surface area contributed by atoms with Crippen molar-refractivity contribution in [1.82, 2.24) is 9.55 Å². The van der Waals surface area contributed by atoms with Gasteiger partial charge in [0.2, 0.25) is 5.95 Å². The second-order valence-corrected chi connectivity index (χ2v) is 4.27. The minimum atomic E-state index is 0.441. The van der Waals surface area contributed by atoms with Gasteiger partial charge in [-0.05, 0) is 28.8 Å². The molecule has 1 aliphatic rings. The Morgan fingerprint density at radius 3 is 3.43 bits per heavy atom. The third-order valence-corrected chi connectivity index (χ3v) is 3.32. The predicted molar refractivity (Wildman–Crippen MR) is 57.5 cm³/mol. The first kappa shape index (κ1) is 8.05. The van der Waals surface area contributed by atoms with Gasteiger partial charge in [0.1, 0.15) is 0 Å². The molecule has 72 valence electrons. The van der Waals surface area contributed by atoms with Crippen molar-refractivity contribution >= 4 is 17.3 Å². The van der Waals surface area contributed by atoms with E-state index in [1.807, 2.05) is 12.4 Å². The van der Waals surface area contributed by atoms with E-state index in [1.165, 1.54) is 5.56 Å². The van der Waals surface area contributed by atoms with Crippen LogP contribution in [0.15, 0.2) is 29.2 Å². The van der Waals surface area contributed by atoms with Gasteiger partial charge < -0.3 is 9.88 Å². The maximum atomic E-state index is 4.27. The van der Waals surface area contributed by atoms with Crippen molar-refractivity contribution in [1.29, 1.82) is 0 Å². The van der Waals surface area contributed by atoms with E-state index in [2.05, 4.69) is 31.7 Å². The van der Waals surface area contributed by atoms with Crippen molar-refractivity contribution in [2.45, 2.75) is 19.0 Å². The van der Waals surface area contributed by atoms with Crippen LogP contribution in [0.3, 0.4) is 0 Å². The highest BCUT2D eigenvalue weighted by Gasteiger charge is 2.19. The zero-order valence-electron chi connectivity index (χ0n) is 7.68. The lowest BCUT2D eigenvalue weighted by Crippen LogP contribution is -2.21. The number of nitrogens with zero attached hydrogens (tertiary/aromatic N) is 2. The first-order valence-corrected chi connectivity index (χ1v) is 5.67. The zero-order valence-corrected chi connectivity index (χ0v) is 8.50. The van der Waals surface area contributed by atoms with Gasteiger partial charge in [0.25, 0.3) is 0 Å². The number of anilines is 1. The maximum absolute atomic E-state index is 4.27. The first-order valence-electron chi connectivity index (χ1n) is 4.73. The van der Waals surface area contributed by atoms with E-state index in [9.17, 15) is 0 Å². The number of fused-ring (bicyclic) bond motifs is 1. The monoisotopic (exact) mass is 205 g/mol. The lowest BCUT2D eigenvalue weighted by molar-refractivity contribution is 0.543. The summed E-state index contributed by atoms with van der Waals surface area (Å²) < 4.78 is 2.16. The Morgan fingerprint density at radius 1 is 1.57 bits per heavy atom. The third kappa shape index (κ3) is 1.23. The maximum Gasteiger partial charge on any atom is 0.203 e. The number of aromatic nitrogens is 2. The molecule has 0 radical (unpaired) electrons. The molecule has 0 saturated carbocycles. The largest absolute Gasteiger partial charge is 0.349 e. The summed E-state index contributed by atoms with van der Waals surface area (Å²) in [4.78, 5) is 4.27. The molecular weight excluding hydrogens is 194 g/mol. The number of thiophene rings is 1. The summed E-state index contributed by atoms with van der Waals surface area (Å²) >= 11 is 1.75. The van der Waals surface area contributed by atoms with Gasteiger partial charge in [0.05, 0.1) is 6.04 Å². The first-order chi connectivity index (χ1) is 6.93. The topological polar surface area (TPSA) is 29.9 Å². The van der Waals surface area contributed by atoms with Gasteiger partial charge in [-0.25, -0.2) is 4.98 Å². The zero-order chi connectivity index (χ0) is 9.38. The van der Waals surface area contributed by atoms with Gasteiger partial charge in [-0.15, -0.1) is 0 Å². The quantitative estimate of drug-likeness (QED) is 0.775. The summed E-state index contributed by atoms with van der Waals surface area (Å²) in [5.41, 5.74) is 1.38. The van der Waals surface area contributed by atoms with Gasteiger partial charge in [-0.3, -0.25) is 0 Å². The molecule has 1 atom stereocenters. The molecule has 3 heterocycles. The normalized spacial score (nSPS) is 20.1. The minimum Gasteiger partial charge on any atom is -0.349 e. The number of nitrogens with one attached hydrogen (secondary N) is 1. The molecule has 0 aromatic carbocycles. The van der Waals surface area contributed by atoms with E-state index in [1.54, 1.807) is 11.3 Å². The molecular formula is C10H11N3S. The van der Waals surface area contributed by atoms with Crippen molar-refractivity contribution in [3.63, 3.8) is 0 Å². The Labute approximate surface area is 86.4 Å². The van der Waals surface area contributed by atoms with Crippen LogP contribution >= 0.6 is 11.3 Å².